The van der Waals surface area contributed by atoms with Gasteiger partial charge in [-0.1, -0.05) is 69.3 Å². The summed E-state index contributed by atoms with van der Waals surface area (Å²) in [5.74, 6) is -1.18. The largest absolute Gasteiger partial charge is 0.480 e. The lowest BCUT2D eigenvalue weighted by molar-refractivity contribution is -0.138. The van der Waals surface area contributed by atoms with Crippen molar-refractivity contribution in [3.05, 3.63) is 71.8 Å². The highest BCUT2D eigenvalue weighted by atomic mass is 16.4. The number of benzene rings is 2. The smallest absolute Gasteiger partial charge is 0.322 e. The van der Waals surface area contributed by atoms with Crippen molar-refractivity contribution in [1.29, 1.82) is 0 Å². The van der Waals surface area contributed by atoms with Gasteiger partial charge < -0.3 is 15.7 Å². The van der Waals surface area contributed by atoms with Crippen LogP contribution in [0.25, 0.3) is 0 Å². The monoisotopic (exact) mass is 398 g/mol. The maximum absolute atomic E-state index is 12.3. The second-order valence-corrected chi connectivity index (χ2v) is 7.26. The predicted molar refractivity (Wildman–Crippen MR) is 114 cm³/mol. The van der Waals surface area contributed by atoms with Crippen molar-refractivity contribution < 1.29 is 19.5 Å². The molecule has 1 atom stereocenters. The molecule has 156 valence electrons. The highest BCUT2D eigenvalue weighted by Gasteiger charge is 2.21. The number of aryl methyl sites for hydroxylation is 1. The van der Waals surface area contributed by atoms with E-state index in [0.717, 1.165) is 11.5 Å². The van der Waals surface area contributed by atoms with Crippen molar-refractivity contribution in [1.82, 2.24) is 10.6 Å². The molecule has 2 aromatic carbocycles. The van der Waals surface area contributed by atoms with Gasteiger partial charge in [-0.25, -0.2) is 0 Å². The van der Waals surface area contributed by atoms with E-state index in [0.29, 0.717) is 18.4 Å². The zero-order valence-corrected chi connectivity index (χ0v) is 17.2. The molecule has 29 heavy (non-hydrogen) atoms. The Bertz CT molecular complexity index is 758. The van der Waals surface area contributed by atoms with Crippen LogP contribution in [0.2, 0.25) is 0 Å². The van der Waals surface area contributed by atoms with Gasteiger partial charge in [0.25, 0.3) is 5.91 Å². The Hall–Kier alpha value is -3.15. The molecule has 0 aliphatic rings. The Morgan fingerprint density at radius 2 is 1.41 bits per heavy atom. The van der Waals surface area contributed by atoms with Crippen LogP contribution >= 0.6 is 0 Å². The lowest BCUT2D eigenvalue weighted by Crippen LogP contribution is -2.48. The van der Waals surface area contributed by atoms with Crippen LogP contribution in [-0.2, 0) is 16.0 Å². The van der Waals surface area contributed by atoms with Gasteiger partial charge in [0.2, 0.25) is 5.91 Å². The maximum Gasteiger partial charge on any atom is 0.322 e. The van der Waals surface area contributed by atoms with E-state index in [2.05, 4.69) is 31.4 Å². The quantitative estimate of drug-likeness (QED) is 0.636. The number of amides is 2. The van der Waals surface area contributed by atoms with Crippen molar-refractivity contribution in [2.45, 2.75) is 39.7 Å². The minimum absolute atomic E-state index is 0.369. The standard InChI is InChI=1S/C19H20N2O4.C4H10/c22-17(23)13-20-19(25)16(12-11-14-7-3-1-4-8-14)21-18(24)15-9-5-2-6-10-15;1-4(2)3/h1-10,16H,11-13H2,(H,20,25)(H,21,24)(H,22,23);4H,1-3H3. The SMILES string of the molecule is CC(C)C.O=C(O)CNC(=O)C(CCc1ccccc1)NC(=O)c1ccccc1. The molecule has 1 unspecified atom stereocenters. The number of carbonyl (C=O) groups is 3. The average Bonchev–Trinajstić information content (AvgIpc) is 2.70. The van der Waals surface area contributed by atoms with Crippen molar-refractivity contribution in [2.24, 2.45) is 5.92 Å². The van der Waals surface area contributed by atoms with Gasteiger partial charge in [-0.3, -0.25) is 14.4 Å². The van der Waals surface area contributed by atoms with E-state index in [9.17, 15) is 14.4 Å². The fourth-order valence-corrected chi connectivity index (χ4v) is 2.34. The molecular formula is C23H30N2O4. The summed E-state index contributed by atoms with van der Waals surface area (Å²) in [4.78, 5) is 35.2. The molecule has 0 aliphatic heterocycles. The molecule has 2 rings (SSSR count). The second-order valence-electron chi connectivity index (χ2n) is 7.26. The van der Waals surface area contributed by atoms with Crippen LogP contribution in [0.3, 0.4) is 0 Å². The van der Waals surface area contributed by atoms with E-state index < -0.39 is 24.5 Å². The Morgan fingerprint density at radius 1 is 0.897 bits per heavy atom. The molecule has 0 saturated heterocycles. The van der Waals surface area contributed by atoms with Crippen LogP contribution in [0.4, 0.5) is 0 Å². The fraction of sp³-hybridized carbons (Fsp3) is 0.348. The first-order chi connectivity index (χ1) is 13.8. The number of nitrogens with one attached hydrogen (secondary N) is 2. The van der Waals surface area contributed by atoms with Crippen LogP contribution in [-0.4, -0.2) is 35.5 Å². The number of aliphatic carboxylic acids is 1. The second kappa shape index (κ2) is 13.1. The van der Waals surface area contributed by atoms with Gasteiger partial charge in [-0.05, 0) is 36.5 Å². The zero-order valence-electron chi connectivity index (χ0n) is 17.2. The highest BCUT2D eigenvalue weighted by Crippen LogP contribution is 2.07. The molecule has 6 heteroatoms. The molecule has 2 amide bonds. The van der Waals surface area contributed by atoms with Crippen LogP contribution in [0.15, 0.2) is 60.7 Å². The number of hydrogen-bond donors (Lipinski definition) is 3. The summed E-state index contributed by atoms with van der Waals surface area (Å²) in [6.07, 6.45) is 0.953. The van der Waals surface area contributed by atoms with E-state index in [1.807, 2.05) is 30.3 Å². The van der Waals surface area contributed by atoms with E-state index >= 15 is 0 Å². The lowest BCUT2D eigenvalue weighted by Gasteiger charge is -2.18. The first kappa shape index (κ1) is 23.9. The van der Waals surface area contributed by atoms with Gasteiger partial charge in [-0.15, -0.1) is 0 Å². The van der Waals surface area contributed by atoms with E-state index in [-0.39, 0.29) is 5.91 Å². The van der Waals surface area contributed by atoms with Crippen molar-refractivity contribution >= 4 is 17.8 Å². The normalized spacial score (nSPS) is 11.0. The Kier molecular flexibility index (Phi) is 10.8. The molecule has 0 aromatic heterocycles. The summed E-state index contributed by atoms with van der Waals surface area (Å²) in [6.45, 7) is 6.02. The van der Waals surface area contributed by atoms with E-state index in [4.69, 9.17) is 5.11 Å². The third-order valence-corrected chi connectivity index (χ3v) is 3.64. The molecule has 0 radical (unpaired) electrons. The molecule has 2 aromatic rings. The first-order valence-electron chi connectivity index (χ1n) is 9.69. The van der Waals surface area contributed by atoms with Crippen molar-refractivity contribution in [3.8, 4) is 0 Å². The average molecular weight is 399 g/mol. The third kappa shape index (κ3) is 10.7. The molecule has 0 saturated carbocycles. The number of carbonyl (C=O) groups excluding carboxylic acids is 2. The molecular weight excluding hydrogens is 368 g/mol. The maximum atomic E-state index is 12.3. The number of carboxylic acids is 1. The van der Waals surface area contributed by atoms with E-state index in [1.54, 1.807) is 30.3 Å². The molecule has 0 heterocycles. The summed E-state index contributed by atoms with van der Waals surface area (Å²) < 4.78 is 0. The Balaban J connectivity index is 0.000000960. The zero-order chi connectivity index (χ0) is 21.6. The van der Waals surface area contributed by atoms with Crippen LogP contribution in [0.1, 0.15) is 43.1 Å². The Labute approximate surface area is 172 Å². The number of hydrogen-bond acceptors (Lipinski definition) is 3. The van der Waals surface area contributed by atoms with Gasteiger partial charge in [0, 0.05) is 5.56 Å². The van der Waals surface area contributed by atoms with Crippen molar-refractivity contribution in [2.75, 3.05) is 6.54 Å². The Morgan fingerprint density at radius 3 is 1.93 bits per heavy atom. The van der Waals surface area contributed by atoms with Crippen LogP contribution in [0, 0.1) is 5.92 Å². The molecule has 0 aliphatic carbocycles. The van der Waals surface area contributed by atoms with Gasteiger partial charge in [0.05, 0.1) is 0 Å². The molecule has 0 spiro atoms. The highest BCUT2D eigenvalue weighted by molar-refractivity contribution is 5.97. The van der Waals surface area contributed by atoms with Gasteiger partial charge in [0.15, 0.2) is 0 Å². The first-order valence-corrected chi connectivity index (χ1v) is 9.69. The number of rotatable bonds is 8. The molecule has 6 nitrogen and oxygen atoms in total. The lowest BCUT2D eigenvalue weighted by atomic mass is 10.0. The van der Waals surface area contributed by atoms with E-state index in [1.165, 1.54) is 0 Å². The number of carboxylic acid groups (broad SMARTS) is 1. The van der Waals surface area contributed by atoms with Gasteiger partial charge in [0.1, 0.15) is 12.6 Å². The van der Waals surface area contributed by atoms with Crippen LogP contribution in [0.5, 0.6) is 0 Å². The van der Waals surface area contributed by atoms with Gasteiger partial charge in [-0.2, -0.15) is 0 Å². The third-order valence-electron chi connectivity index (χ3n) is 3.64. The van der Waals surface area contributed by atoms with Crippen LogP contribution < -0.4 is 10.6 Å². The molecule has 3 N–H and O–H groups in total. The summed E-state index contributed by atoms with van der Waals surface area (Å²) in [6, 6.07) is 17.3. The minimum Gasteiger partial charge on any atom is -0.480 e. The van der Waals surface area contributed by atoms with Crippen molar-refractivity contribution in [3.63, 3.8) is 0 Å². The molecule has 0 fully saturated rings. The topological polar surface area (TPSA) is 95.5 Å². The molecule has 0 bridgehead atoms. The minimum atomic E-state index is -1.13. The predicted octanol–water partition coefficient (Wildman–Crippen LogP) is 3.28. The summed E-state index contributed by atoms with van der Waals surface area (Å²) >= 11 is 0. The fourth-order valence-electron chi connectivity index (χ4n) is 2.34. The summed E-state index contributed by atoms with van der Waals surface area (Å²) in [5.41, 5.74) is 1.48. The summed E-state index contributed by atoms with van der Waals surface area (Å²) in [7, 11) is 0. The summed E-state index contributed by atoms with van der Waals surface area (Å²) in [5, 5.41) is 13.7. The van der Waals surface area contributed by atoms with Gasteiger partial charge >= 0.3 is 5.97 Å².